The molecule has 2 N–H and O–H groups in total. The minimum atomic E-state index is -4.75. The van der Waals surface area contributed by atoms with E-state index in [1.54, 1.807) is 13.8 Å². The summed E-state index contributed by atoms with van der Waals surface area (Å²) in [4.78, 5) is 12.2. The maximum atomic E-state index is 13.2. The van der Waals surface area contributed by atoms with Gasteiger partial charge < -0.3 is 10.1 Å². The first-order valence-corrected chi connectivity index (χ1v) is 10.6. The van der Waals surface area contributed by atoms with Gasteiger partial charge in [-0.2, -0.15) is 17.9 Å². The minimum Gasteiger partial charge on any atom is -0.494 e. The van der Waals surface area contributed by atoms with Gasteiger partial charge in [0.15, 0.2) is 0 Å². The second-order valence-electron chi connectivity index (χ2n) is 6.38. The molecule has 0 heterocycles. The SMILES string of the molecule is CCOc1ccc(S(=O)(=O)N[C@H](C)C(=O)Nc2ccc(Cl)cc2C(F)(F)F)cc1C. The van der Waals surface area contributed by atoms with Crippen LogP contribution < -0.4 is 14.8 Å². The molecule has 0 aromatic heterocycles. The predicted molar refractivity (Wildman–Crippen MR) is 107 cm³/mol. The van der Waals surface area contributed by atoms with Gasteiger partial charge in [0.1, 0.15) is 5.75 Å². The molecule has 2 aromatic rings. The van der Waals surface area contributed by atoms with E-state index in [1.165, 1.54) is 31.2 Å². The molecular weight excluding hydrogens is 445 g/mol. The van der Waals surface area contributed by atoms with Crippen LogP contribution in [0, 0.1) is 6.92 Å². The van der Waals surface area contributed by atoms with Crippen LogP contribution in [0.4, 0.5) is 18.9 Å². The van der Waals surface area contributed by atoms with Crippen molar-refractivity contribution in [3.8, 4) is 5.75 Å². The van der Waals surface area contributed by atoms with Gasteiger partial charge in [-0.3, -0.25) is 4.79 Å². The van der Waals surface area contributed by atoms with Crippen LogP contribution in [-0.2, 0) is 21.0 Å². The molecule has 0 unspecified atom stereocenters. The fourth-order valence-electron chi connectivity index (χ4n) is 2.56. The van der Waals surface area contributed by atoms with Crippen molar-refractivity contribution in [2.75, 3.05) is 11.9 Å². The highest BCUT2D eigenvalue weighted by Crippen LogP contribution is 2.36. The van der Waals surface area contributed by atoms with Crippen LogP contribution in [-0.4, -0.2) is 27.0 Å². The number of hydrogen-bond acceptors (Lipinski definition) is 4. The third-order valence-electron chi connectivity index (χ3n) is 4.03. The molecule has 0 aliphatic carbocycles. The van der Waals surface area contributed by atoms with Crippen molar-refractivity contribution < 1.29 is 31.1 Å². The second-order valence-corrected chi connectivity index (χ2v) is 8.53. The zero-order valence-corrected chi connectivity index (χ0v) is 17.9. The van der Waals surface area contributed by atoms with Gasteiger partial charge in [-0.05, 0) is 62.7 Å². The average Bonchev–Trinajstić information content (AvgIpc) is 2.63. The molecule has 1 amide bonds. The fraction of sp³-hybridized carbons (Fsp3) is 0.316. The van der Waals surface area contributed by atoms with E-state index >= 15 is 0 Å². The number of alkyl halides is 3. The highest BCUT2D eigenvalue weighted by atomic mass is 35.5. The first-order chi connectivity index (χ1) is 13.8. The monoisotopic (exact) mass is 464 g/mol. The number of benzene rings is 2. The van der Waals surface area contributed by atoms with Crippen LogP contribution in [0.1, 0.15) is 25.0 Å². The molecule has 2 rings (SSSR count). The first kappa shape index (κ1) is 24.0. The van der Waals surface area contributed by atoms with Crippen molar-refractivity contribution in [1.82, 2.24) is 4.72 Å². The minimum absolute atomic E-state index is 0.106. The quantitative estimate of drug-likeness (QED) is 0.637. The Labute approximate surface area is 177 Å². The number of sulfonamides is 1. The van der Waals surface area contributed by atoms with Crippen LogP contribution in [0.3, 0.4) is 0 Å². The van der Waals surface area contributed by atoms with E-state index in [4.69, 9.17) is 16.3 Å². The van der Waals surface area contributed by atoms with Gasteiger partial charge in [-0.1, -0.05) is 11.6 Å². The van der Waals surface area contributed by atoms with Gasteiger partial charge >= 0.3 is 6.18 Å². The number of ether oxygens (including phenoxy) is 1. The Bertz CT molecular complexity index is 1040. The number of aryl methyl sites for hydroxylation is 1. The van der Waals surface area contributed by atoms with Crippen LogP contribution in [0.25, 0.3) is 0 Å². The third-order valence-corrected chi connectivity index (χ3v) is 5.80. The molecule has 6 nitrogen and oxygen atoms in total. The Hall–Kier alpha value is -2.30. The molecule has 30 heavy (non-hydrogen) atoms. The number of rotatable bonds is 7. The standard InChI is InChI=1S/C19H20ClF3N2O4S/c1-4-29-17-8-6-14(9-11(17)2)30(27,28)25-12(3)18(26)24-16-7-5-13(20)10-15(16)19(21,22)23/h5-10,12,25H,4H2,1-3H3,(H,24,26)/t12-/m1/s1. The summed E-state index contributed by atoms with van der Waals surface area (Å²) >= 11 is 5.61. The molecule has 0 spiro atoms. The van der Waals surface area contributed by atoms with Gasteiger partial charge in [0.25, 0.3) is 0 Å². The molecule has 0 aliphatic heterocycles. The normalized spacial score (nSPS) is 13.0. The number of anilines is 1. The maximum Gasteiger partial charge on any atom is 0.418 e. The van der Waals surface area contributed by atoms with Crippen molar-refractivity contribution in [3.63, 3.8) is 0 Å². The Morgan fingerprint density at radius 2 is 1.87 bits per heavy atom. The summed E-state index contributed by atoms with van der Waals surface area (Å²) in [7, 11) is -4.11. The smallest absolute Gasteiger partial charge is 0.418 e. The van der Waals surface area contributed by atoms with Crippen LogP contribution >= 0.6 is 11.6 Å². The predicted octanol–water partition coefficient (Wildman–Crippen LogP) is 4.37. The van der Waals surface area contributed by atoms with Gasteiger partial charge in [0, 0.05) is 5.02 Å². The summed E-state index contributed by atoms with van der Waals surface area (Å²) in [5.74, 6) is -0.446. The van der Waals surface area contributed by atoms with Crippen molar-refractivity contribution in [2.24, 2.45) is 0 Å². The van der Waals surface area contributed by atoms with Crippen molar-refractivity contribution in [3.05, 3.63) is 52.5 Å². The fourth-order valence-corrected chi connectivity index (χ4v) is 4.02. The molecular formula is C19H20ClF3N2O4S. The second kappa shape index (κ2) is 9.23. The lowest BCUT2D eigenvalue weighted by Gasteiger charge is -2.18. The number of halogens is 4. The number of hydrogen-bond donors (Lipinski definition) is 2. The van der Waals surface area contributed by atoms with E-state index in [-0.39, 0.29) is 9.92 Å². The molecule has 0 aliphatic rings. The molecule has 0 fully saturated rings. The first-order valence-electron chi connectivity index (χ1n) is 8.78. The van der Waals surface area contributed by atoms with E-state index in [0.29, 0.717) is 24.0 Å². The molecule has 2 aromatic carbocycles. The van der Waals surface area contributed by atoms with Crippen molar-refractivity contribution in [1.29, 1.82) is 0 Å². The summed E-state index contributed by atoms with van der Waals surface area (Å²) in [6.45, 7) is 5.08. The van der Waals surface area contributed by atoms with Gasteiger partial charge in [-0.15, -0.1) is 0 Å². The van der Waals surface area contributed by atoms with Crippen LogP contribution in [0.5, 0.6) is 5.75 Å². The Morgan fingerprint density at radius 3 is 2.43 bits per heavy atom. The summed E-state index contributed by atoms with van der Waals surface area (Å²) in [5.41, 5.74) is -1.09. The topological polar surface area (TPSA) is 84.5 Å². The molecule has 0 saturated carbocycles. The molecule has 0 radical (unpaired) electrons. The lowest BCUT2D eigenvalue weighted by molar-refractivity contribution is -0.137. The lowest BCUT2D eigenvalue weighted by Crippen LogP contribution is -2.41. The summed E-state index contributed by atoms with van der Waals surface area (Å²) in [6.07, 6.45) is -4.75. The lowest BCUT2D eigenvalue weighted by atomic mass is 10.1. The molecule has 164 valence electrons. The van der Waals surface area contributed by atoms with E-state index in [1.807, 2.05) is 0 Å². The Balaban J connectivity index is 2.19. The van der Waals surface area contributed by atoms with E-state index in [0.717, 1.165) is 6.07 Å². The third kappa shape index (κ3) is 5.87. The molecule has 0 bridgehead atoms. The van der Waals surface area contributed by atoms with Crippen LogP contribution in [0.15, 0.2) is 41.3 Å². The maximum absolute atomic E-state index is 13.2. The van der Waals surface area contributed by atoms with Gasteiger partial charge in [0.2, 0.25) is 15.9 Å². The van der Waals surface area contributed by atoms with Crippen molar-refractivity contribution in [2.45, 2.75) is 37.9 Å². The number of carbonyl (C=O) groups excluding carboxylic acids is 1. The number of amides is 1. The molecule has 1 atom stereocenters. The zero-order valence-electron chi connectivity index (χ0n) is 16.3. The molecule has 11 heteroatoms. The Kier molecular flexibility index (Phi) is 7.38. The highest BCUT2D eigenvalue weighted by Gasteiger charge is 2.34. The van der Waals surface area contributed by atoms with Gasteiger partial charge in [-0.25, -0.2) is 8.42 Å². The van der Waals surface area contributed by atoms with Crippen LogP contribution in [0.2, 0.25) is 5.02 Å². The summed E-state index contributed by atoms with van der Waals surface area (Å²) in [5, 5.41) is 1.94. The largest absolute Gasteiger partial charge is 0.494 e. The average molecular weight is 465 g/mol. The summed E-state index contributed by atoms with van der Waals surface area (Å²) in [6, 6.07) is 5.68. The van der Waals surface area contributed by atoms with E-state index in [9.17, 15) is 26.4 Å². The Morgan fingerprint density at radius 1 is 1.20 bits per heavy atom. The highest BCUT2D eigenvalue weighted by molar-refractivity contribution is 7.89. The van der Waals surface area contributed by atoms with E-state index < -0.39 is 39.4 Å². The van der Waals surface area contributed by atoms with Crippen molar-refractivity contribution >= 4 is 33.2 Å². The van der Waals surface area contributed by atoms with Gasteiger partial charge in [0.05, 0.1) is 28.8 Å². The summed E-state index contributed by atoms with van der Waals surface area (Å²) < 4.78 is 72.1. The van der Waals surface area contributed by atoms with E-state index in [2.05, 4.69) is 10.0 Å². The number of nitrogens with one attached hydrogen (secondary N) is 2. The number of carbonyl (C=O) groups is 1. The molecule has 0 saturated heterocycles. The zero-order chi connectivity index (χ0) is 22.7.